The van der Waals surface area contributed by atoms with Crippen LogP contribution in [0.3, 0.4) is 0 Å². The number of carbonyl (C=O) groups is 5. The maximum Gasteiger partial charge on any atom is 0.243 e. The molecule has 1 fully saturated rings. The molecule has 3 rings (SSSR count). The van der Waals surface area contributed by atoms with Gasteiger partial charge in [0.05, 0.1) is 36.7 Å². The molecular weight excluding hydrogens is 604 g/mol. The summed E-state index contributed by atoms with van der Waals surface area (Å²) in [5, 5.41) is 14.3. The van der Waals surface area contributed by atoms with Crippen molar-refractivity contribution >= 4 is 40.6 Å². The molecule has 0 saturated carbocycles. The number of Topliss-reactive ketones (excluding diaryl/α,β-unsaturated/α-hetero) is 2. The van der Waals surface area contributed by atoms with Crippen LogP contribution in [0.25, 0.3) is 0 Å². The molecule has 46 heavy (non-hydrogen) atoms. The molecule has 11 nitrogen and oxygen atoms in total. The molecule has 12 heteroatoms. The van der Waals surface area contributed by atoms with E-state index in [2.05, 4.69) is 26.3 Å². The summed E-state index contributed by atoms with van der Waals surface area (Å²) in [7, 11) is 3.45. The summed E-state index contributed by atoms with van der Waals surface area (Å²) in [4.78, 5) is 71.7. The van der Waals surface area contributed by atoms with E-state index in [9.17, 15) is 24.0 Å². The van der Waals surface area contributed by atoms with Crippen molar-refractivity contribution in [2.75, 3.05) is 27.2 Å². The van der Waals surface area contributed by atoms with Gasteiger partial charge in [0.2, 0.25) is 17.7 Å². The number of benzene rings is 1. The normalized spacial score (nSPS) is 17.5. The number of rotatable bonds is 16. The van der Waals surface area contributed by atoms with E-state index >= 15 is 0 Å². The Morgan fingerprint density at radius 1 is 0.978 bits per heavy atom. The van der Waals surface area contributed by atoms with Crippen LogP contribution in [0.2, 0.25) is 0 Å². The molecular formula is C34H50N6O5S. The molecule has 1 aromatic carbocycles. The second-order valence-corrected chi connectivity index (χ2v) is 14.1. The minimum atomic E-state index is -0.669. The second kappa shape index (κ2) is 16.9. The Balaban J connectivity index is 1.68. The molecule has 1 aliphatic rings. The Bertz CT molecular complexity index is 1360. The molecule has 2 aromatic rings. The van der Waals surface area contributed by atoms with E-state index in [1.165, 1.54) is 11.3 Å². The topological polar surface area (TPSA) is 150 Å². The van der Waals surface area contributed by atoms with Gasteiger partial charge in [0.15, 0.2) is 5.78 Å². The van der Waals surface area contributed by atoms with Gasteiger partial charge in [0.25, 0.3) is 0 Å². The van der Waals surface area contributed by atoms with Crippen molar-refractivity contribution in [1.82, 2.24) is 31.2 Å². The van der Waals surface area contributed by atoms with Gasteiger partial charge in [0.1, 0.15) is 16.8 Å². The lowest BCUT2D eigenvalue weighted by Gasteiger charge is -2.35. The zero-order valence-electron chi connectivity index (χ0n) is 28.1. The molecule has 3 amide bonds. The number of carbonyl (C=O) groups excluding carboxylic acids is 5. The van der Waals surface area contributed by atoms with Crippen LogP contribution in [-0.2, 0) is 36.8 Å². The molecule has 4 N–H and O–H groups in total. The fourth-order valence-electron chi connectivity index (χ4n) is 5.43. The van der Waals surface area contributed by atoms with E-state index in [0.29, 0.717) is 30.1 Å². The molecule has 1 aromatic heterocycles. The molecule has 0 unspecified atom stereocenters. The van der Waals surface area contributed by atoms with Gasteiger partial charge in [-0.3, -0.25) is 24.0 Å². The second-order valence-electron chi connectivity index (χ2n) is 13.1. The molecule has 1 aliphatic heterocycles. The predicted molar refractivity (Wildman–Crippen MR) is 179 cm³/mol. The lowest BCUT2D eigenvalue weighted by Crippen LogP contribution is -2.52. The standard InChI is InChI=1S/C34H50N6O5S/c1-21(35-6)28(41)17-25(34(3,4)5)33(45)40-15-11-14-27(40)32(44)39-26(23-12-9-8-10-13-23)19-37-30(43)16-24-20-46-31(38-24)18-29(42)22(2)36-7/h8-10,12-13,20-22,25-27,35-36H,11,14-19H2,1-7H3,(H,37,43)(H,39,44)/t21-,22-,25+,26+,27-/m0/s1. The number of aromatic nitrogens is 1. The first-order chi connectivity index (χ1) is 21.7. The highest BCUT2D eigenvalue weighted by molar-refractivity contribution is 7.09. The van der Waals surface area contributed by atoms with Gasteiger partial charge >= 0.3 is 0 Å². The van der Waals surface area contributed by atoms with Crippen LogP contribution in [0.4, 0.5) is 0 Å². The van der Waals surface area contributed by atoms with Gasteiger partial charge in [0, 0.05) is 30.8 Å². The van der Waals surface area contributed by atoms with Gasteiger partial charge in [-0.2, -0.15) is 0 Å². The Morgan fingerprint density at radius 2 is 1.63 bits per heavy atom. The van der Waals surface area contributed by atoms with Crippen LogP contribution in [0, 0.1) is 11.3 Å². The maximum atomic E-state index is 13.9. The average molecular weight is 655 g/mol. The van der Waals surface area contributed by atoms with Crippen LogP contribution in [0.5, 0.6) is 0 Å². The monoisotopic (exact) mass is 654 g/mol. The Kier molecular flexibility index (Phi) is 13.6. The number of nitrogens with zero attached hydrogens (tertiary/aromatic N) is 2. The van der Waals surface area contributed by atoms with Crippen LogP contribution < -0.4 is 21.3 Å². The van der Waals surface area contributed by atoms with Crippen LogP contribution >= 0.6 is 11.3 Å². The average Bonchev–Trinajstić information content (AvgIpc) is 3.70. The molecule has 0 spiro atoms. The van der Waals surface area contributed by atoms with Crippen LogP contribution in [0.15, 0.2) is 35.7 Å². The Labute approximate surface area is 276 Å². The van der Waals surface area contributed by atoms with Crippen molar-refractivity contribution in [2.45, 2.75) is 90.9 Å². The van der Waals surface area contributed by atoms with E-state index in [1.54, 1.807) is 38.2 Å². The third-order valence-electron chi connectivity index (χ3n) is 8.71. The molecule has 2 heterocycles. The highest BCUT2D eigenvalue weighted by Crippen LogP contribution is 2.33. The number of amides is 3. The summed E-state index contributed by atoms with van der Waals surface area (Å²) in [5.41, 5.74) is 0.928. The SMILES string of the molecule is CN[C@@H](C)C(=O)Cc1nc(CC(=O)NC[C@@H](NC(=O)[C@@H]2CCCN2C(=O)[C@@H](CC(=O)[C@H](C)NC)C(C)(C)C)c2ccccc2)cs1. The highest BCUT2D eigenvalue weighted by atomic mass is 32.1. The van der Waals surface area contributed by atoms with Crippen molar-refractivity contribution in [2.24, 2.45) is 11.3 Å². The van der Waals surface area contributed by atoms with Gasteiger partial charge in [-0.25, -0.2) is 4.98 Å². The summed E-state index contributed by atoms with van der Waals surface area (Å²) in [5.74, 6) is -1.31. The third kappa shape index (κ3) is 10.3. The summed E-state index contributed by atoms with van der Waals surface area (Å²) in [6.45, 7) is 10.0. The summed E-state index contributed by atoms with van der Waals surface area (Å²) < 4.78 is 0. The molecule has 1 saturated heterocycles. The fraction of sp³-hybridized carbons (Fsp3) is 0.588. The quantitative estimate of drug-likeness (QED) is 0.216. The number of thiazole rings is 1. The van der Waals surface area contributed by atoms with Crippen molar-refractivity contribution in [3.8, 4) is 0 Å². The molecule has 0 bridgehead atoms. The van der Waals surface area contributed by atoms with Crippen molar-refractivity contribution < 1.29 is 24.0 Å². The van der Waals surface area contributed by atoms with E-state index in [4.69, 9.17) is 0 Å². The number of likely N-dealkylation sites (N-methyl/N-ethyl adjacent to an activating group) is 2. The van der Waals surface area contributed by atoms with E-state index < -0.39 is 23.4 Å². The first kappa shape index (κ1) is 37.0. The smallest absolute Gasteiger partial charge is 0.243 e. The van der Waals surface area contributed by atoms with E-state index in [-0.39, 0.29) is 67.2 Å². The van der Waals surface area contributed by atoms with Crippen LogP contribution in [-0.4, -0.2) is 84.5 Å². The third-order valence-corrected chi connectivity index (χ3v) is 9.61. The predicted octanol–water partition coefficient (Wildman–Crippen LogP) is 2.60. The van der Waals surface area contributed by atoms with E-state index in [1.807, 2.05) is 51.1 Å². The number of ketones is 2. The largest absolute Gasteiger partial charge is 0.353 e. The Hall–Kier alpha value is -3.48. The number of likely N-dealkylation sites (tertiary alicyclic amines) is 1. The van der Waals surface area contributed by atoms with Crippen molar-refractivity contribution in [3.05, 3.63) is 52.0 Å². The first-order valence-electron chi connectivity index (χ1n) is 16.0. The zero-order valence-corrected chi connectivity index (χ0v) is 29.0. The van der Waals surface area contributed by atoms with Gasteiger partial charge in [-0.05, 0) is 51.8 Å². The first-order valence-corrected chi connectivity index (χ1v) is 16.9. The highest BCUT2D eigenvalue weighted by Gasteiger charge is 2.42. The minimum Gasteiger partial charge on any atom is -0.353 e. The van der Waals surface area contributed by atoms with Crippen molar-refractivity contribution in [1.29, 1.82) is 0 Å². The zero-order chi connectivity index (χ0) is 34.0. The molecule has 0 aliphatic carbocycles. The summed E-state index contributed by atoms with van der Waals surface area (Å²) >= 11 is 1.35. The lowest BCUT2D eigenvalue weighted by molar-refractivity contribution is -0.146. The maximum absolute atomic E-state index is 13.9. The van der Waals surface area contributed by atoms with Gasteiger partial charge in [-0.1, -0.05) is 51.1 Å². The summed E-state index contributed by atoms with van der Waals surface area (Å²) in [6.07, 6.45) is 1.55. The summed E-state index contributed by atoms with van der Waals surface area (Å²) in [6, 6.07) is 7.54. The number of nitrogens with one attached hydrogen (secondary N) is 4. The van der Waals surface area contributed by atoms with Gasteiger partial charge in [-0.15, -0.1) is 11.3 Å². The minimum absolute atomic E-state index is 0.0302. The molecule has 5 atom stereocenters. The number of hydrogen-bond acceptors (Lipinski definition) is 9. The Morgan fingerprint density at radius 3 is 2.26 bits per heavy atom. The van der Waals surface area contributed by atoms with E-state index in [0.717, 1.165) is 5.56 Å². The van der Waals surface area contributed by atoms with Crippen molar-refractivity contribution in [3.63, 3.8) is 0 Å². The molecule has 252 valence electrons. The molecule has 0 radical (unpaired) electrons. The number of hydrogen-bond donors (Lipinski definition) is 4. The van der Waals surface area contributed by atoms with Gasteiger partial charge < -0.3 is 26.2 Å². The lowest BCUT2D eigenvalue weighted by atomic mass is 9.76. The fourth-order valence-corrected chi connectivity index (χ4v) is 6.23. The van der Waals surface area contributed by atoms with Crippen LogP contribution in [0.1, 0.15) is 76.2 Å².